The van der Waals surface area contributed by atoms with E-state index in [0.717, 1.165) is 16.6 Å². The second-order valence-corrected chi connectivity index (χ2v) is 4.55. The van der Waals surface area contributed by atoms with Crippen LogP contribution in [0.25, 0.3) is 10.9 Å². The highest BCUT2D eigenvalue weighted by Gasteiger charge is 2.13. The molecule has 3 rings (SSSR count). The van der Waals surface area contributed by atoms with Gasteiger partial charge in [-0.25, -0.2) is 4.98 Å². The summed E-state index contributed by atoms with van der Waals surface area (Å²) < 4.78 is 5.17. The summed E-state index contributed by atoms with van der Waals surface area (Å²) >= 11 is 0. The highest BCUT2D eigenvalue weighted by atomic mass is 16.5. The lowest BCUT2D eigenvalue weighted by Gasteiger charge is -2.09. The Morgan fingerprint density at radius 3 is 2.52 bits per heavy atom. The first-order valence-electron chi connectivity index (χ1n) is 6.58. The van der Waals surface area contributed by atoms with Gasteiger partial charge in [0.2, 0.25) is 5.88 Å². The van der Waals surface area contributed by atoms with Gasteiger partial charge in [0.15, 0.2) is 0 Å². The zero-order chi connectivity index (χ0) is 14.7. The van der Waals surface area contributed by atoms with Crippen molar-refractivity contribution in [2.45, 2.75) is 0 Å². The fraction of sp³-hybridized carbons (Fsp3) is 0.0588. The number of para-hydroxylation sites is 2. The van der Waals surface area contributed by atoms with Crippen LogP contribution in [-0.4, -0.2) is 18.0 Å². The maximum atomic E-state index is 12.5. The SMILES string of the molecule is COc1cc(C(=O)Nc2ccccc2)c2ccccc2n1. The molecular weight excluding hydrogens is 264 g/mol. The summed E-state index contributed by atoms with van der Waals surface area (Å²) in [5.41, 5.74) is 2.03. The van der Waals surface area contributed by atoms with Crippen molar-refractivity contribution in [3.05, 3.63) is 66.2 Å². The molecule has 3 aromatic rings. The molecular formula is C17H14N2O2. The first-order valence-corrected chi connectivity index (χ1v) is 6.58. The van der Waals surface area contributed by atoms with Gasteiger partial charge in [-0.2, -0.15) is 0 Å². The quantitative estimate of drug-likeness (QED) is 0.797. The standard InChI is InChI=1S/C17H14N2O2/c1-21-16-11-14(13-9-5-6-10-15(13)19-16)17(20)18-12-7-3-2-4-8-12/h2-11H,1H3,(H,18,20). The molecule has 0 aliphatic heterocycles. The number of methoxy groups -OCH3 is 1. The molecule has 4 nitrogen and oxygen atoms in total. The van der Waals surface area contributed by atoms with E-state index in [9.17, 15) is 4.79 Å². The van der Waals surface area contributed by atoms with E-state index in [1.54, 1.807) is 6.07 Å². The van der Waals surface area contributed by atoms with Crippen molar-refractivity contribution >= 4 is 22.5 Å². The lowest BCUT2D eigenvalue weighted by atomic mass is 10.1. The van der Waals surface area contributed by atoms with Crippen molar-refractivity contribution in [2.24, 2.45) is 0 Å². The van der Waals surface area contributed by atoms with E-state index in [1.807, 2.05) is 54.6 Å². The largest absolute Gasteiger partial charge is 0.481 e. The lowest BCUT2D eigenvalue weighted by molar-refractivity contribution is 0.102. The van der Waals surface area contributed by atoms with Gasteiger partial charge in [0.05, 0.1) is 18.2 Å². The lowest BCUT2D eigenvalue weighted by Crippen LogP contribution is -2.13. The number of ether oxygens (including phenoxy) is 1. The van der Waals surface area contributed by atoms with Crippen LogP contribution < -0.4 is 10.1 Å². The Kier molecular flexibility index (Phi) is 3.51. The number of anilines is 1. The summed E-state index contributed by atoms with van der Waals surface area (Å²) in [4.78, 5) is 16.8. The molecule has 0 atom stereocenters. The Labute approximate surface area is 122 Å². The molecule has 0 bridgehead atoms. The molecule has 104 valence electrons. The molecule has 4 heteroatoms. The van der Waals surface area contributed by atoms with E-state index in [1.165, 1.54) is 7.11 Å². The van der Waals surface area contributed by atoms with E-state index >= 15 is 0 Å². The van der Waals surface area contributed by atoms with E-state index in [4.69, 9.17) is 4.74 Å². The predicted molar refractivity (Wildman–Crippen MR) is 82.7 cm³/mol. The molecule has 0 saturated heterocycles. The number of nitrogens with one attached hydrogen (secondary N) is 1. The Morgan fingerprint density at radius 2 is 1.76 bits per heavy atom. The molecule has 1 N–H and O–H groups in total. The van der Waals surface area contributed by atoms with E-state index in [-0.39, 0.29) is 5.91 Å². The molecule has 1 heterocycles. The van der Waals surface area contributed by atoms with E-state index in [0.29, 0.717) is 11.4 Å². The Balaban J connectivity index is 2.04. The first-order chi connectivity index (χ1) is 10.3. The van der Waals surface area contributed by atoms with Crippen molar-refractivity contribution in [1.82, 2.24) is 4.98 Å². The van der Waals surface area contributed by atoms with Crippen LogP contribution in [0, 0.1) is 0 Å². The number of rotatable bonds is 3. The monoisotopic (exact) mass is 278 g/mol. The van der Waals surface area contributed by atoms with Crippen molar-refractivity contribution < 1.29 is 9.53 Å². The smallest absolute Gasteiger partial charge is 0.256 e. The van der Waals surface area contributed by atoms with Gasteiger partial charge in [-0.05, 0) is 18.2 Å². The third-order valence-electron chi connectivity index (χ3n) is 3.18. The Hall–Kier alpha value is -2.88. The minimum atomic E-state index is -0.182. The minimum absolute atomic E-state index is 0.182. The van der Waals surface area contributed by atoms with Crippen LogP contribution in [0.3, 0.4) is 0 Å². The van der Waals surface area contributed by atoms with Crippen LogP contribution >= 0.6 is 0 Å². The Bertz CT molecular complexity index is 785. The van der Waals surface area contributed by atoms with Crippen molar-refractivity contribution in [3.63, 3.8) is 0 Å². The van der Waals surface area contributed by atoms with E-state index in [2.05, 4.69) is 10.3 Å². The van der Waals surface area contributed by atoms with Crippen molar-refractivity contribution in [2.75, 3.05) is 12.4 Å². The van der Waals surface area contributed by atoms with Crippen LogP contribution in [0.5, 0.6) is 5.88 Å². The molecule has 0 radical (unpaired) electrons. The maximum Gasteiger partial charge on any atom is 0.256 e. The van der Waals surface area contributed by atoms with Crippen molar-refractivity contribution in [3.8, 4) is 5.88 Å². The van der Waals surface area contributed by atoms with Crippen LogP contribution in [0.15, 0.2) is 60.7 Å². The average molecular weight is 278 g/mol. The van der Waals surface area contributed by atoms with Crippen molar-refractivity contribution in [1.29, 1.82) is 0 Å². The van der Waals surface area contributed by atoms with Gasteiger partial charge < -0.3 is 10.1 Å². The van der Waals surface area contributed by atoms with Gasteiger partial charge in [0, 0.05) is 17.1 Å². The third-order valence-corrected chi connectivity index (χ3v) is 3.18. The molecule has 0 aliphatic rings. The summed E-state index contributed by atoms with van der Waals surface area (Å²) in [6.07, 6.45) is 0. The fourth-order valence-corrected chi connectivity index (χ4v) is 2.16. The van der Waals surface area contributed by atoms with Crippen LogP contribution in [0.1, 0.15) is 10.4 Å². The number of fused-ring (bicyclic) bond motifs is 1. The van der Waals surface area contributed by atoms with Gasteiger partial charge in [0.25, 0.3) is 5.91 Å². The summed E-state index contributed by atoms with van der Waals surface area (Å²) in [5.74, 6) is 0.241. The number of aromatic nitrogens is 1. The molecule has 0 unspecified atom stereocenters. The molecule has 21 heavy (non-hydrogen) atoms. The third kappa shape index (κ3) is 2.69. The highest BCUT2D eigenvalue weighted by Crippen LogP contribution is 2.22. The topological polar surface area (TPSA) is 51.2 Å². The molecule has 0 aliphatic carbocycles. The van der Waals surface area contributed by atoms with Gasteiger partial charge in [-0.15, -0.1) is 0 Å². The zero-order valence-electron chi connectivity index (χ0n) is 11.5. The molecule has 1 aromatic heterocycles. The minimum Gasteiger partial charge on any atom is -0.481 e. The summed E-state index contributed by atoms with van der Waals surface area (Å²) in [6, 6.07) is 18.5. The predicted octanol–water partition coefficient (Wildman–Crippen LogP) is 3.50. The molecule has 0 spiro atoms. The number of benzene rings is 2. The molecule has 0 fully saturated rings. The molecule has 2 aromatic carbocycles. The van der Waals surface area contributed by atoms with Gasteiger partial charge >= 0.3 is 0 Å². The number of amides is 1. The zero-order valence-corrected chi connectivity index (χ0v) is 11.5. The number of carbonyl (C=O) groups excluding carboxylic acids is 1. The van der Waals surface area contributed by atoms with Crippen LogP contribution in [0.4, 0.5) is 5.69 Å². The average Bonchev–Trinajstić information content (AvgIpc) is 2.54. The fourth-order valence-electron chi connectivity index (χ4n) is 2.16. The number of hydrogen-bond acceptors (Lipinski definition) is 3. The first kappa shape index (κ1) is 13.1. The number of hydrogen-bond donors (Lipinski definition) is 1. The summed E-state index contributed by atoms with van der Waals surface area (Å²) in [7, 11) is 1.54. The Morgan fingerprint density at radius 1 is 1.05 bits per heavy atom. The number of carbonyl (C=O) groups is 1. The van der Waals surface area contributed by atoms with Crippen LogP contribution in [0.2, 0.25) is 0 Å². The summed E-state index contributed by atoms with van der Waals surface area (Å²) in [6.45, 7) is 0. The molecule has 0 saturated carbocycles. The maximum absolute atomic E-state index is 12.5. The van der Waals surface area contributed by atoms with E-state index < -0.39 is 0 Å². The van der Waals surface area contributed by atoms with Crippen LogP contribution in [-0.2, 0) is 0 Å². The van der Waals surface area contributed by atoms with Gasteiger partial charge in [-0.1, -0.05) is 36.4 Å². The van der Waals surface area contributed by atoms with Gasteiger partial charge in [0.1, 0.15) is 0 Å². The van der Waals surface area contributed by atoms with Gasteiger partial charge in [-0.3, -0.25) is 4.79 Å². The number of pyridine rings is 1. The molecule has 1 amide bonds. The number of nitrogens with zero attached hydrogens (tertiary/aromatic N) is 1. The second-order valence-electron chi connectivity index (χ2n) is 4.55. The second kappa shape index (κ2) is 5.63. The summed E-state index contributed by atoms with van der Waals surface area (Å²) in [5, 5.41) is 3.68. The normalized spacial score (nSPS) is 10.3. The highest BCUT2D eigenvalue weighted by molar-refractivity contribution is 6.12.